The van der Waals surface area contributed by atoms with Crippen LogP contribution in [0.2, 0.25) is 0 Å². The number of nitrogens with zero attached hydrogens (tertiary/aromatic N) is 2. The Labute approximate surface area is 97.7 Å². The van der Waals surface area contributed by atoms with Crippen molar-refractivity contribution in [2.75, 3.05) is 18.0 Å². The van der Waals surface area contributed by atoms with Crippen LogP contribution in [0, 0.1) is 0 Å². The van der Waals surface area contributed by atoms with Crippen LogP contribution in [0.3, 0.4) is 0 Å². The van der Waals surface area contributed by atoms with Gasteiger partial charge in [-0.1, -0.05) is 20.8 Å². The zero-order valence-corrected chi connectivity index (χ0v) is 10.4. The number of nitrogens with two attached hydrogens (primary N) is 1. The normalized spacial score (nSPS) is 21.5. The molecule has 0 saturated carbocycles. The van der Waals surface area contributed by atoms with Crippen molar-refractivity contribution in [3.63, 3.8) is 0 Å². The van der Waals surface area contributed by atoms with Gasteiger partial charge in [-0.2, -0.15) is 0 Å². The summed E-state index contributed by atoms with van der Waals surface area (Å²) in [5, 5.41) is 0. The topological polar surface area (TPSA) is 42.2 Å². The number of aromatic nitrogens is 1. The smallest absolute Gasteiger partial charge is 0.0556 e. The summed E-state index contributed by atoms with van der Waals surface area (Å²) in [4.78, 5) is 6.66. The van der Waals surface area contributed by atoms with Gasteiger partial charge in [0.2, 0.25) is 0 Å². The number of pyridine rings is 1. The lowest BCUT2D eigenvalue weighted by Crippen LogP contribution is -2.26. The van der Waals surface area contributed by atoms with Gasteiger partial charge in [0, 0.05) is 25.3 Å². The van der Waals surface area contributed by atoms with Crippen LogP contribution >= 0.6 is 0 Å². The quantitative estimate of drug-likeness (QED) is 0.784. The molecule has 1 atom stereocenters. The van der Waals surface area contributed by atoms with Gasteiger partial charge in [0.25, 0.3) is 0 Å². The first-order valence-electron chi connectivity index (χ1n) is 5.93. The number of hydrogen-bond acceptors (Lipinski definition) is 3. The minimum absolute atomic E-state index is 0.158. The highest BCUT2D eigenvalue weighted by Gasteiger charge is 2.21. The van der Waals surface area contributed by atoms with Crippen molar-refractivity contribution >= 4 is 5.69 Å². The van der Waals surface area contributed by atoms with Crippen LogP contribution in [0.4, 0.5) is 5.69 Å². The summed E-state index contributed by atoms with van der Waals surface area (Å²) in [7, 11) is 0. The second kappa shape index (κ2) is 4.06. The van der Waals surface area contributed by atoms with Gasteiger partial charge in [-0.15, -0.1) is 0 Å². The molecule has 2 N–H and O–H groups in total. The van der Waals surface area contributed by atoms with E-state index < -0.39 is 0 Å². The first-order chi connectivity index (χ1) is 7.47. The zero-order chi connectivity index (χ0) is 11.8. The Morgan fingerprint density at radius 2 is 2.12 bits per heavy atom. The molecule has 0 radical (unpaired) electrons. The van der Waals surface area contributed by atoms with Gasteiger partial charge in [-0.05, 0) is 23.5 Å². The molecule has 0 aliphatic carbocycles. The highest BCUT2D eigenvalue weighted by atomic mass is 15.2. The van der Waals surface area contributed by atoms with Crippen LogP contribution in [0.5, 0.6) is 0 Å². The molecule has 1 aromatic heterocycles. The van der Waals surface area contributed by atoms with Gasteiger partial charge >= 0.3 is 0 Å². The molecule has 0 bridgehead atoms. The molecule has 3 nitrogen and oxygen atoms in total. The molecule has 1 saturated heterocycles. The second-order valence-electron chi connectivity index (χ2n) is 5.68. The molecular weight excluding hydrogens is 198 g/mol. The van der Waals surface area contributed by atoms with E-state index in [2.05, 4.69) is 36.7 Å². The van der Waals surface area contributed by atoms with E-state index in [4.69, 9.17) is 5.73 Å². The van der Waals surface area contributed by atoms with Gasteiger partial charge in [0.05, 0.1) is 11.9 Å². The largest absolute Gasteiger partial charge is 0.369 e. The van der Waals surface area contributed by atoms with Gasteiger partial charge in [-0.3, -0.25) is 4.98 Å². The van der Waals surface area contributed by atoms with E-state index >= 15 is 0 Å². The number of hydrogen-bond donors (Lipinski definition) is 1. The Kier molecular flexibility index (Phi) is 2.89. The third-order valence-electron chi connectivity index (χ3n) is 3.18. The van der Waals surface area contributed by atoms with Crippen molar-refractivity contribution in [2.45, 2.75) is 38.6 Å². The van der Waals surface area contributed by atoms with Crippen LogP contribution in [0.1, 0.15) is 32.8 Å². The molecule has 88 valence electrons. The first kappa shape index (κ1) is 11.4. The fourth-order valence-electron chi connectivity index (χ4n) is 2.03. The first-order valence-corrected chi connectivity index (χ1v) is 5.93. The van der Waals surface area contributed by atoms with E-state index in [0.717, 1.165) is 19.5 Å². The summed E-state index contributed by atoms with van der Waals surface area (Å²) >= 11 is 0. The van der Waals surface area contributed by atoms with Gasteiger partial charge in [0.1, 0.15) is 0 Å². The van der Waals surface area contributed by atoms with Crippen molar-refractivity contribution in [3.8, 4) is 0 Å². The molecule has 1 unspecified atom stereocenters. The minimum atomic E-state index is 0.158. The lowest BCUT2D eigenvalue weighted by Gasteiger charge is -2.23. The van der Waals surface area contributed by atoms with Crippen molar-refractivity contribution < 1.29 is 0 Å². The minimum Gasteiger partial charge on any atom is -0.369 e. The Morgan fingerprint density at radius 1 is 1.38 bits per heavy atom. The molecule has 1 aromatic rings. The Bertz CT molecular complexity index is 368. The van der Waals surface area contributed by atoms with Crippen LogP contribution in [0.15, 0.2) is 18.5 Å². The maximum Gasteiger partial charge on any atom is 0.0556 e. The monoisotopic (exact) mass is 219 g/mol. The molecule has 3 heteroatoms. The number of anilines is 1. The lowest BCUT2D eigenvalue weighted by atomic mass is 9.88. The van der Waals surface area contributed by atoms with Crippen molar-refractivity contribution in [1.82, 2.24) is 4.98 Å². The average Bonchev–Trinajstić information content (AvgIpc) is 2.64. The van der Waals surface area contributed by atoms with E-state index in [1.807, 2.05) is 12.4 Å². The van der Waals surface area contributed by atoms with Crippen molar-refractivity contribution in [2.24, 2.45) is 5.73 Å². The SMILES string of the molecule is CC(C)(C)c1cncc(N2CCC(N)C2)c1. The molecule has 0 aromatic carbocycles. The van der Waals surface area contributed by atoms with Gasteiger partial charge in [-0.25, -0.2) is 0 Å². The van der Waals surface area contributed by atoms with E-state index in [0.29, 0.717) is 6.04 Å². The van der Waals surface area contributed by atoms with E-state index in [-0.39, 0.29) is 5.41 Å². The van der Waals surface area contributed by atoms with E-state index in [9.17, 15) is 0 Å². The van der Waals surface area contributed by atoms with Crippen LogP contribution in [-0.2, 0) is 5.41 Å². The van der Waals surface area contributed by atoms with Crippen molar-refractivity contribution in [3.05, 3.63) is 24.0 Å². The predicted octanol–water partition coefficient (Wildman–Crippen LogP) is 1.92. The highest BCUT2D eigenvalue weighted by Crippen LogP contribution is 2.26. The third kappa shape index (κ3) is 2.35. The zero-order valence-electron chi connectivity index (χ0n) is 10.4. The summed E-state index contributed by atoms with van der Waals surface area (Å²) in [6, 6.07) is 2.56. The molecule has 1 aliphatic rings. The van der Waals surface area contributed by atoms with E-state index in [1.165, 1.54) is 11.3 Å². The van der Waals surface area contributed by atoms with E-state index in [1.54, 1.807) is 0 Å². The van der Waals surface area contributed by atoms with Crippen molar-refractivity contribution in [1.29, 1.82) is 0 Å². The Hall–Kier alpha value is -1.09. The average molecular weight is 219 g/mol. The van der Waals surface area contributed by atoms with Crippen LogP contribution in [0.25, 0.3) is 0 Å². The molecule has 16 heavy (non-hydrogen) atoms. The maximum absolute atomic E-state index is 5.92. The summed E-state index contributed by atoms with van der Waals surface area (Å²) in [6.07, 6.45) is 4.98. The standard InChI is InChI=1S/C13H21N3/c1-13(2,3)10-6-12(8-15-7-10)16-5-4-11(14)9-16/h6-8,11H,4-5,9,14H2,1-3H3. The Balaban J connectivity index is 2.23. The highest BCUT2D eigenvalue weighted by molar-refractivity contribution is 5.48. The van der Waals surface area contributed by atoms with Crippen LogP contribution < -0.4 is 10.6 Å². The molecule has 1 fully saturated rings. The lowest BCUT2D eigenvalue weighted by molar-refractivity contribution is 0.587. The molecule has 0 spiro atoms. The summed E-state index contributed by atoms with van der Waals surface area (Å²) in [6.45, 7) is 8.64. The summed E-state index contributed by atoms with van der Waals surface area (Å²) in [5.41, 5.74) is 8.57. The Morgan fingerprint density at radius 3 is 2.69 bits per heavy atom. The fourth-order valence-corrected chi connectivity index (χ4v) is 2.03. The van der Waals surface area contributed by atoms with Gasteiger partial charge < -0.3 is 10.6 Å². The summed E-state index contributed by atoms with van der Waals surface area (Å²) < 4.78 is 0. The molecule has 1 aliphatic heterocycles. The maximum atomic E-state index is 5.92. The fraction of sp³-hybridized carbons (Fsp3) is 0.615. The predicted molar refractivity (Wildman–Crippen MR) is 67.7 cm³/mol. The molecular formula is C13H21N3. The molecule has 2 rings (SSSR count). The van der Waals surface area contributed by atoms with Crippen LogP contribution in [-0.4, -0.2) is 24.1 Å². The molecule has 2 heterocycles. The number of rotatable bonds is 1. The molecule has 0 amide bonds. The summed E-state index contributed by atoms with van der Waals surface area (Å²) in [5.74, 6) is 0. The van der Waals surface area contributed by atoms with Gasteiger partial charge in [0.15, 0.2) is 0 Å². The second-order valence-corrected chi connectivity index (χ2v) is 5.68. The third-order valence-corrected chi connectivity index (χ3v) is 3.18.